The van der Waals surface area contributed by atoms with Crippen LogP contribution in [0.5, 0.6) is 0 Å². The number of carbonyl (C=O) groups excluding carboxylic acids is 1. The summed E-state index contributed by atoms with van der Waals surface area (Å²) in [6.45, 7) is 0. The molecule has 0 unspecified atom stereocenters. The molecule has 4 heteroatoms. The van der Waals surface area contributed by atoms with Gasteiger partial charge in [0.25, 0.3) is 5.91 Å². The number of nitrogen functional groups attached to an aromatic ring is 1. The summed E-state index contributed by atoms with van der Waals surface area (Å²) in [4.78, 5) is 10.8. The maximum Gasteiger partial charge on any atom is 1.00 e. The van der Waals surface area contributed by atoms with Crippen molar-refractivity contribution in [3.8, 4) is 0 Å². The zero-order valence-electron chi connectivity index (χ0n) is 7.37. The number of hydrogen-bond donors (Lipinski definition) is 2. The van der Waals surface area contributed by atoms with E-state index in [1.165, 1.54) is 0 Å². The molecule has 0 aromatic heterocycles. The number of hydrogen-bond acceptors (Lipinski definition) is 2. The van der Waals surface area contributed by atoms with E-state index in [0.29, 0.717) is 5.56 Å². The molecule has 1 rings (SSSR count). The van der Waals surface area contributed by atoms with Crippen LogP contribution in [0.15, 0.2) is 30.3 Å². The molecule has 3 N–H and O–H groups in total. The molecule has 11 heavy (non-hydrogen) atoms. The van der Waals surface area contributed by atoms with Crippen LogP contribution in [0.25, 0.3) is 0 Å². The van der Waals surface area contributed by atoms with Crippen molar-refractivity contribution >= 4 is 5.91 Å². The molecule has 0 radical (unpaired) electrons. The van der Waals surface area contributed by atoms with Crippen LogP contribution in [0.1, 0.15) is 11.8 Å². The minimum Gasteiger partial charge on any atom is -1.00 e. The summed E-state index contributed by atoms with van der Waals surface area (Å²) in [6.07, 6.45) is 0. The summed E-state index contributed by atoms with van der Waals surface area (Å²) in [5.74, 6) is 4.64. The quantitative estimate of drug-likeness (QED) is 0.205. The number of amides is 1. The molecule has 1 aromatic rings. The minimum absolute atomic E-state index is 0. The van der Waals surface area contributed by atoms with Crippen molar-refractivity contribution in [3.63, 3.8) is 0 Å². The molecule has 0 spiro atoms. The molecule has 1 amide bonds. The van der Waals surface area contributed by atoms with E-state index in [4.69, 9.17) is 5.84 Å². The van der Waals surface area contributed by atoms with E-state index in [1.54, 1.807) is 24.3 Å². The van der Waals surface area contributed by atoms with Gasteiger partial charge in [0, 0.05) is 5.56 Å². The molecule has 1 aromatic carbocycles. The number of benzene rings is 1. The van der Waals surface area contributed by atoms with Gasteiger partial charge in [-0.2, -0.15) is 0 Å². The van der Waals surface area contributed by atoms with Crippen molar-refractivity contribution in [1.82, 2.24) is 5.43 Å². The molecule has 0 saturated carbocycles. The molecule has 0 aliphatic rings. The van der Waals surface area contributed by atoms with E-state index in [0.717, 1.165) is 0 Å². The van der Waals surface area contributed by atoms with Crippen molar-refractivity contribution in [2.45, 2.75) is 0 Å². The van der Waals surface area contributed by atoms with Gasteiger partial charge in [0.1, 0.15) is 0 Å². The average Bonchev–Trinajstić information content (AvgIpc) is 2.05. The Morgan fingerprint density at radius 2 is 1.91 bits per heavy atom. The van der Waals surface area contributed by atoms with Gasteiger partial charge in [0.15, 0.2) is 0 Å². The predicted octanol–water partition coefficient (Wildman–Crippen LogP) is -2.59. The van der Waals surface area contributed by atoms with E-state index < -0.39 is 0 Å². The maximum absolute atomic E-state index is 10.8. The van der Waals surface area contributed by atoms with Crippen molar-refractivity contribution < 1.29 is 35.8 Å². The summed E-state index contributed by atoms with van der Waals surface area (Å²) in [5.41, 5.74) is 2.62. The summed E-state index contributed by atoms with van der Waals surface area (Å²) in [7, 11) is 0. The van der Waals surface area contributed by atoms with Crippen LogP contribution in [-0.2, 0) is 0 Å². The molecule has 3 nitrogen and oxygen atoms in total. The van der Waals surface area contributed by atoms with Crippen LogP contribution in [0.3, 0.4) is 0 Å². The third kappa shape index (κ3) is 3.03. The van der Waals surface area contributed by atoms with Crippen LogP contribution < -0.4 is 40.8 Å². The summed E-state index contributed by atoms with van der Waals surface area (Å²) < 4.78 is 0. The third-order valence-electron chi connectivity index (χ3n) is 1.17. The first-order chi connectivity index (χ1) is 4.84. The Hall–Kier alpha value is -0.350. The van der Waals surface area contributed by atoms with Gasteiger partial charge in [-0.3, -0.25) is 10.2 Å². The zero-order chi connectivity index (χ0) is 7.40. The normalized spacial score (nSPS) is 8.09. The second kappa shape index (κ2) is 5.32. The molecule has 0 bridgehead atoms. The number of carbonyl (C=O) groups is 1. The Balaban J connectivity index is 0. The fourth-order valence-electron chi connectivity index (χ4n) is 0.673. The van der Waals surface area contributed by atoms with Crippen LogP contribution in [0, 0.1) is 0 Å². The first kappa shape index (κ1) is 10.7. The monoisotopic (exact) mass is 160 g/mol. The fourth-order valence-corrected chi connectivity index (χ4v) is 0.673. The zero-order valence-corrected chi connectivity index (χ0v) is 8.37. The minimum atomic E-state index is -0.263. The molecule has 0 atom stereocenters. The van der Waals surface area contributed by atoms with Crippen molar-refractivity contribution in [3.05, 3.63) is 35.9 Å². The van der Waals surface area contributed by atoms with Crippen molar-refractivity contribution in [2.24, 2.45) is 5.84 Å². The molecule has 0 fully saturated rings. The van der Waals surface area contributed by atoms with Crippen molar-refractivity contribution in [2.75, 3.05) is 0 Å². The molecular formula is C7H9N2NaO. The first-order valence-corrected chi connectivity index (χ1v) is 2.90. The Morgan fingerprint density at radius 1 is 1.36 bits per heavy atom. The topological polar surface area (TPSA) is 55.1 Å². The second-order valence-corrected chi connectivity index (χ2v) is 1.84. The largest absolute Gasteiger partial charge is 1.00 e. The van der Waals surface area contributed by atoms with Crippen LogP contribution in [0.2, 0.25) is 0 Å². The van der Waals surface area contributed by atoms with E-state index >= 15 is 0 Å². The van der Waals surface area contributed by atoms with E-state index in [1.807, 2.05) is 11.5 Å². The SMILES string of the molecule is NNC(=O)c1ccccc1.[H-].[Na+]. The average molecular weight is 160 g/mol. The molecule has 0 saturated heterocycles. The van der Waals surface area contributed by atoms with E-state index in [9.17, 15) is 4.79 Å². The van der Waals surface area contributed by atoms with Gasteiger partial charge in [-0.1, -0.05) is 18.2 Å². The van der Waals surface area contributed by atoms with E-state index in [2.05, 4.69) is 0 Å². The van der Waals surface area contributed by atoms with Gasteiger partial charge < -0.3 is 1.43 Å². The van der Waals surface area contributed by atoms with Gasteiger partial charge in [-0.25, -0.2) is 5.84 Å². The summed E-state index contributed by atoms with van der Waals surface area (Å²) in [6, 6.07) is 8.80. The smallest absolute Gasteiger partial charge is 1.00 e. The van der Waals surface area contributed by atoms with Gasteiger partial charge in [-0.05, 0) is 12.1 Å². The second-order valence-electron chi connectivity index (χ2n) is 1.84. The Kier molecular flexibility index (Phi) is 5.15. The van der Waals surface area contributed by atoms with Gasteiger partial charge in [-0.15, -0.1) is 0 Å². The number of hydrazine groups is 1. The van der Waals surface area contributed by atoms with E-state index in [-0.39, 0.29) is 36.9 Å². The summed E-state index contributed by atoms with van der Waals surface area (Å²) >= 11 is 0. The van der Waals surface area contributed by atoms with Crippen LogP contribution in [0.4, 0.5) is 0 Å². The first-order valence-electron chi connectivity index (χ1n) is 2.90. The number of nitrogens with one attached hydrogen (secondary N) is 1. The molecule has 0 aliphatic heterocycles. The molecule has 54 valence electrons. The standard InChI is InChI=1S/C7H8N2O.Na.H/c8-9-7(10)6-4-2-1-3-5-6;;/h1-5H,8H2,(H,9,10);;/q;+1;-1. The molecule has 0 heterocycles. The Labute approximate surface area is 88.7 Å². The molecular weight excluding hydrogens is 151 g/mol. The maximum atomic E-state index is 10.8. The van der Waals surface area contributed by atoms with Gasteiger partial charge in [0.05, 0.1) is 0 Å². The predicted molar refractivity (Wildman–Crippen MR) is 39.2 cm³/mol. The van der Waals surface area contributed by atoms with Gasteiger partial charge >= 0.3 is 29.6 Å². The Bertz CT molecular complexity index is 230. The van der Waals surface area contributed by atoms with Gasteiger partial charge in [0.2, 0.25) is 0 Å². The number of nitrogens with two attached hydrogens (primary N) is 1. The Morgan fingerprint density at radius 3 is 2.36 bits per heavy atom. The fraction of sp³-hybridized carbons (Fsp3) is 0. The van der Waals surface area contributed by atoms with Crippen LogP contribution >= 0.6 is 0 Å². The van der Waals surface area contributed by atoms with Crippen LogP contribution in [-0.4, -0.2) is 5.91 Å². The third-order valence-corrected chi connectivity index (χ3v) is 1.17. The number of rotatable bonds is 1. The summed E-state index contributed by atoms with van der Waals surface area (Å²) in [5, 5.41) is 0. The van der Waals surface area contributed by atoms with Crippen molar-refractivity contribution in [1.29, 1.82) is 0 Å². The molecule has 0 aliphatic carbocycles.